The lowest BCUT2D eigenvalue weighted by atomic mass is 10.1. The molecule has 0 bridgehead atoms. The molecule has 0 saturated heterocycles. The summed E-state index contributed by atoms with van der Waals surface area (Å²) < 4.78 is 4.98. The second kappa shape index (κ2) is 5.27. The van der Waals surface area contributed by atoms with Crippen LogP contribution in [-0.4, -0.2) is 20.0 Å². The quantitative estimate of drug-likeness (QED) is 0.750. The molecule has 0 radical (unpaired) electrons. The van der Waals surface area contributed by atoms with Crippen molar-refractivity contribution in [2.45, 2.75) is 10.9 Å². The third kappa shape index (κ3) is 3.03. The first kappa shape index (κ1) is 10.6. The minimum Gasteiger partial charge on any atom is -0.383 e. The minimum absolute atomic E-state index is 0.0130. The van der Waals surface area contributed by atoms with Gasteiger partial charge in [-0.2, -0.15) is 0 Å². The third-order valence-electron chi connectivity index (χ3n) is 1.89. The predicted molar refractivity (Wildman–Crippen MR) is 57.0 cm³/mol. The van der Waals surface area contributed by atoms with E-state index in [2.05, 4.69) is 30.5 Å². The monoisotopic (exact) mass is 197 g/mol. The Morgan fingerprint density at radius 3 is 2.46 bits per heavy atom. The van der Waals surface area contributed by atoms with E-state index in [-0.39, 0.29) is 6.04 Å². The largest absolute Gasteiger partial charge is 0.383 e. The van der Waals surface area contributed by atoms with Gasteiger partial charge < -0.3 is 10.5 Å². The number of ether oxygens (including phenoxy) is 1. The highest BCUT2D eigenvalue weighted by Gasteiger charge is 2.04. The molecule has 13 heavy (non-hydrogen) atoms. The van der Waals surface area contributed by atoms with Gasteiger partial charge in [-0.25, -0.2) is 0 Å². The zero-order chi connectivity index (χ0) is 9.68. The zero-order valence-corrected chi connectivity index (χ0v) is 8.80. The second-order valence-corrected chi connectivity index (χ2v) is 3.71. The van der Waals surface area contributed by atoms with Crippen LogP contribution in [0.3, 0.4) is 0 Å². The number of hydrogen-bond acceptors (Lipinski definition) is 3. The van der Waals surface area contributed by atoms with Crippen LogP contribution in [0, 0.1) is 0 Å². The summed E-state index contributed by atoms with van der Waals surface area (Å²) in [7, 11) is 1.66. The van der Waals surface area contributed by atoms with Crippen LogP contribution in [-0.2, 0) is 4.74 Å². The van der Waals surface area contributed by atoms with Crippen molar-refractivity contribution in [3.63, 3.8) is 0 Å². The van der Waals surface area contributed by atoms with E-state index in [9.17, 15) is 0 Å². The summed E-state index contributed by atoms with van der Waals surface area (Å²) in [6, 6.07) is 8.25. The van der Waals surface area contributed by atoms with Crippen LogP contribution in [0.25, 0.3) is 0 Å². The van der Waals surface area contributed by atoms with Gasteiger partial charge in [0, 0.05) is 12.0 Å². The van der Waals surface area contributed by atoms with Crippen molar-refractivity contribution in [3.05, 3.63) is 29.8 Å². The minimum atomic E-state index is -0.0130. The van der Waals surface area contributed by atoms with Gasteiger partial charge in [-0.05, 0) is 24.0 Å². The van der Waals surface area contributed by atoms with Crippen molar-refractivity contribution in [2.24, 2.45) is 5.73 Å². The Kier molecular flexibility index (Phi) is 4.28. The second-order valence-electron chi connectivity index (χ2n) is 2.83. The molecule has 1 atom stereocenters. The lowest BCUT2D eigenvalue weighted by Gasteiger charge is -2.10. The smallest absolute Gasteiger partial charge is 0.0655 e. The topological polar surface area (TPSA) is 35.2 Å². The molecule has 0 amide bonds. The van der Waals surface area contributed by atoms with E-state index in [1.54, 1.807) is 18.9 Å². The Bertz CT molecular complexity index is 248. The maximum Gasteiger partial charge on any atom is 0.0655 e. The number of nitrogens with two attached hydrogens (primary N) is 1. The molecule has 0 heterocycles. The van der Waals surface area contributed by atoms with Gasteiger partial charge in [0.25, 0.3) is 0 Å². The van der Waals surface area contributed by atoms with Crippen LogP contribution >= 0.6 is 11.8 Å². The molecule has 1 unspecified atom stereocenters. The molecule has 0 spiro atoms. The average Bonchev–Trinajstić information content (AvgIpc) is 2.18. The SMILES string of the molecule is COCC(N)c1ccc(SC)cc1. The molecular weight excluding hydrogens is 182 g/mol. The first-order valence-corrected chi connectivity index (χ1v) is 5.39. The van der Waals surface area contributed by atoms with Crippen molar-refractivity contribution < 1.29 is 4.74 Å². The average molecular weight is 197 g/mol. The highest BCUT2D eigenvalue weighted by atomic mass is 32.2. The van der Waals surface area contributed by atoms with Crippen LogP contribution in [0.15, 0.2) is 29.2 Å². The van der Waals surface area contributed by atoms with Gasteiger partial charge in [0.05, 0.1) is 12.6 Å². The first-order chi connectivity index (χ1) is 6.27. The van der Waals surface area contributed by atoms with Crippen molar-refractivity contribution in [3.8, 4) is 0 Å². The van der Waals surface area contributed by atoms with E-state index in [0.29, 0.717) is 6.61 Å². The van der Waals surface area contributed by atoms with Crippen LogP contribution in [0.4, 0.5) is 0 Å². The Labute approximate surface area is 83.5 Å². The Morgan fingerprint density at radius 2 is 2.00 bits per heavy atom. The van der Waals surface area contributed by atoms with Gasteiger partial charge in [0.2, 0.25) is 0 Å². The van der Waals surface area contributed by atoms with Crippen molar-refractivity contribution >= 4 is 11.8 Å². The van der Waals surface area contributed by atoms with Gasteiger partial charge in [0.15, 0.2) is 0 Å². The summed E-state index contributed by atoms with van der Waals surface area (Å²) in [5.74, 6) is 0. The summed E-state index contributed by atoms with van der Waals surface area (Å²) >= 11 is 1.73. The van der Waals surface area contributed by atoms with E-state index >= 15 is 0 Å². The zero-order valence-electron chi connectivity index (χ0n) is 7.99. The fourth-order valence-electron chi connectivity index (χ4n) is 1.13. The van der Waals surface area contributed by atoms with Crippen molar-refractivity contribution in [1.29, 1.82) is 0 Å². The highest BCUT2D eigenvalue weighted by molar-refractivity contribution is 7.98. The number of benzene rings is 1. The summed E-state index contributed by atoms with van der Waals surface area (Å²) in [4.78, 5) is 1.26. The summed E-state index contributed by atoms with van der Waals surface area (Å²) in [6.45, 7) is 0.568. The number of rotatable bonds is 4. The third-order valence-corrected chi connectivity index (χ3v) is 2.63. The Morgan fingerprint density at radius 1 is 1.38 bits per heavy atom. The van der Waals surface area contributed by atoms with Gasteiger partial charge >= 0.3 is 0 Å². The molecule has 2 N–H and O–H groups in total. The van der Waals surface area contributed by atoms with E-state index in [1.165, 1.54) is 4.90 Å². The molecule has 0 aromatic heterocycles. The molecule has 0 aliphatic carbocycles. The maximum absolute atomic E-state index is 5.87. The number of thioether (sulfide) groups is 1. The Balaban J connectivity index is 2.67. The van der Waals surface area contributed by atoms with Crippen molar-refractivity contribution in [1.82, 2.24) is 0 Å². The molecular formula is C10H15NOS. The summed E-state index contributed by atoms with van der Waals surface area (Å²) in [6.07, 6.45) is 2.06. The van der Waals surface area contributed by atoms with Gasteiger partial charge in [0.1, 0.15) is 0 Å². The predicted octanol–water partition coefficient (Wildman–Crippen LogP) is 2.05. The van der Waals surface area contributed by atoms with E-state index in [4.69, 9.17) is 10.5 Å². The molecule has 2 nitrogen and oxygen atoms in total. The van der Waals surface area contributed by atoms with Crippen molar-refractivity contribution in [2.75, 3.05) is 20.0 Å². The maximum atomic E-state index is 5.87. The molecule has 3 heteroatoms. The van der Waals surface area contributed by atoms with E-state index < -0.39 is 0 Å². The van der Waals surface area contributed by atoms with Gasteiger partial charge in [-0.1, -0.05) is 12.1 Å². The van der Waals surface area contributed by atoms with Gasteiger partial charge in [-0.15, -0.1) is 11.8 Å². The lowest BCUT2D eigenvalue weighted by molar-refractivity contribution is 0.181. The molecule has 0 aliphatic rings. The molecule has 0 aliphatic heterocycles. The molecule has 1 rings (SSSR count). The normalized spacial score (nSPS) is 12.8. The van der Waals surface area contributed by atoms with E-state index in [0.717, 1.165) is 5.56 Å². The van der Waals surface area contributed by atoms with Crippen LogP contribution < -0.4 is 5.73 Å². The summed E-state index contributed by atoms with van der Waals surface area (Å²) in [5.41, 5.74) is 6.99. The molecule has 72 valence electrons. The van der Waals surface area contributed by atoms with Crippen LogP contribution in [0.2, 0.25) is 0 Å². The number of methoxy groups -OCH3 is 1. The fourth-order valence-corrected chi connectivity index (χ4v) is 1.54. The molecule has 1 aromatic rings. The van der Waals surface area contributed by atoms with Crippen LogP contribution in [0.1, 0.15) is 11.6 Å². The Hall–Kier alpha value is -0.510. The number of hydrogen-bond donors (Lipinski definition) is 1. The lowest BCUT2D eigenvalue weighted by Crippen LogP contribution is -2.15. The first-order valence-electron chi connectivity index (χ1n) is 4.16. The van der Waals surface area contributed by atoms with Gasteiger partial charge in [-0.3, -0.25) is 0 Å². The molecule has 0 fully saturated rings. The van der Waals surface area contributed by atoms with Crippen LogP contribution in [0.5, 0.6) is 0 Å². The molecule has 1 aromatic carbocycles. The summed E-state index contributed by atoms with van der Waals surface area (Å²) in [5, 5.41) is 0. The fraction of sp³-hybridized carbons (Fsp3) is 0.400. The van der Waals surface area contributed by atoms with E-state index in [1.807, 2.05) is 0 Å². The molecule has 0 saturated carbocycles. The highest BCUT2D eigenvalue weighted by Crippen LogP contribution is 2.17. The standard InChI is InChI=1S/C10H15NOS/c1-12-7-10(11)8-3-5-9(13-2)6-4-8/h3-6,10H,7,11H2,1-2H3.